The second-order valence-corrected chi connectivity index (χ2v) is 8.44. The molecule has 9 nitrogen and oxygen atoms in total. The fraction of sp³-hybridized carbons (Fsp3) is 0.400. The molecule has 1 aromatic carbocycles. The van der Waals surface area contributed by atoms with Crippen LogP contribution in [0.25, 0.3) is 0 Å². The molecule has 0 spiro atoms. The maximum absolute atomic E-state index is 13.2. The van der Waals surface area contributed by atoms with Gasteiger partial charge in [0.1, 0.15) is 18.1 Å². The Morgan fingerprint density at radius 2 is 1.76 bits per heavy atom. The van der Waals surface area contributed by atoms with Gasteiger partial charge >= 0.3 is 0 Å². The molecule has 4 rings (SSSR count). The van der Waals surface area contributed by atoms with E-state index in [9.17, 15) is 19.2 Å². The highest BCUT2D eigenvalue weighted by Crippen LogP contribution is 2.30. The topological polar surface area (TPSA) is 103 Å². The molecule has 0 aliphatic carbocycles. The van der Waals surface area contributed by atoms with Crippen LogP contribution in [0.3, 0.4) is 0 Å². The number of hydrogen-bond acceptors (Lipinski definition) is 7. The van der Waals surface area contributed by atoms with Crippen LogP contribution >= 0.6 is 0 Å². The Balaban J connectivity index is 1.49. The molecule has 2 aliphatic heterocycles. The van der Waals surface area contributed by atoms with E-state index < -0.39 is 23.8 Å². The average Bonchev–Trinajstić information content (AvgIpc) is 3.13. The minimum Gasteiger partial charge on any atom is -0.368 e. The van der Waals surface area contributed by atoms with Crippen molar-refractivity contribution in [3.05, 3.63) is 53.2 Å². The monoisotopic (exact) mass is 463 g/mol. The Labute approximate surface area is 198 Å². The maximum atomic E-state index is 13.2. The molecule has 178 valence electrons. The van der Waals surface area contributed by atoms with Crippen LogP contribution in [0.5, 0.6) is 0 Å². The van der Waals surface area contributed by atoms with Gasteiger partial charge in [-0.05, 0) is 42.7 Å². The van der Waals surface area contributed by atoms with Crippen LogP contribution in [-0.2, 0) is 16.0 Å². The van der Waals surface area contributed by atoms with Gasteiger partial charge in [-0.3, -0.25) is 19.3 Å². The molecular weight excluding hydrogens is 434 g/mol. The van der Waals surface area contributed by atoms with Crippen LogP contribution in [0.4, 0.5) is 11.5 Å². The van der Waals surface area contributed by atoms with Crippen LogP contribution in [-0.4, -0.2) is 73.2 Å². The molecule has 0 bridgehead atoms. The highest BCUT2D eigenvalue weighted by atomic mass is 16.2. The lowest BCUT2D eigenvalue weighted by Crippen LogP contribution is -2.48. The second kappa shape index (κ2) is 10.0. The minimum absolute atomic E-state index is 0.0804. The number of nitrogens with zero attached hydrogens (tertiary/aromatic N) is 4. The Morgan fingerprint density at radius 1 is 1.06 bits per heavy atom. The van der Waals surface area contributed by atoms with Crippen LogP contribution in [0.2, 0.25) is 0 Å². The van der Waals surface area contributed by atoms with Crippen molar-refractivity contribution in [1.29, 1.82) is 0 Å². The van der Waals surface area contributed by atoms with E-state index in [1.807, 2.05) is 12.3 Å². The summed E-state index contributed by atoms with van der Waals surface area (Å²) in [4.78, 5) is 59.3. The van der Waals surface area contributed by atoms with Crippen LogP contribution in [0.1, 0.15) is 46.0 Å². The average molecular weight is 464 g/mol. The smallest absolute Gasteiger partial charge is 0.262 e. The van der Waals surface area contributed by atoms with Gasteiger partial charge in [-0.1, -0.05) is 13.0 Å². The molecule has 0 radical (unpaired) electrons. The summed E-state index contributed by atoms with van der Waals surface area (Å²) in [7, 11) is 1.44. The van der Waals surface area contributed by atoms with Crippen molar-refractivity contribution < 1.29 is 19.2 Å². The van der Waals surface area contributed by atoms with E-state index in [1.165, 1.54) is 12.6 Å². The number of imide groups is 1. The van der Waals surface area contributed by atoms with Gasteiger partial charge in [0.15, 0.2) is 0 Å². The molecular formula is C25H29N5O4. The number of amides is 3. The predicted octanol–water partition coefficient (Wildman–Crippen LogP) is 1.66. The molecule has 2 aliphatic rings. The summed E-state index contributed by atoms with van der Waals surface area (Å²) < 4.78 is 0. The number of hydrogen-bond donors (Lipinski definition) is 1. The van der Waals surface area contributed by atoms with Gasteiger partial charge in [-0.15, -0.1) is 0 Å². The third kappa shape index (κ3) is 4.37. The van der Waals surface area contributed by atoms with Gasteiger partial charge in [-0.25, -0.2) is 4.98 Å². The van der Waals surface area contributed by atoms with Crippen molar-refractivity contribution in [3.63, 3.8) is 0 Å². The first-order valence-electron chi connectivity index (χ1n) is 11.6. The third-order valence-electron chi connectivity index (χ3n) is 6.51. The van der Waals surface area contributed by atoms with E-state index in [1.54, 1.807) is 12.1 Å². The summed E-state index contributed by atoms with van der Waals surface area (Å²) in [6, 6.07) is 8.38. The van der Waals surface area contributed by atoms with Gasteiger partial charge in [0.2, 0.25) is 5.91 Å². The molecule has 34 heavy (non-hydrogen) atoms. The van der Waals surface area contributed by atoms with Crippen molar-refractivity contribution in [2.75, 3.05) is 43.0 Å². The Bertz CT molecular complexity index is 1090. The van der Waals surface area contributed by atoms with Crippen LogP contribution in [0.15, 0.2) is 36.5 Å². The molecule has 1 N–H and O–H groups in total. The maximum Gasteiger partial charge on any atom is 0.262 e. The molecule has 1 unspecified atom stereocenters. The fourth-order valence-corrected chi connectivity index (χ4v) is 4.50. The minimum atomic E-state index is -1.01. The molecule has 1 atom stereocenters. The number of carbonyl (C=O) groups is 4. The number of piperazine rings is 1. The van der Waals surface area contributed by atoms with Gasteiger partial charge in [-0.2, -0.15) is 0 Å². The third-order valence-corrected chi connectivity index (χ3v) is 6.51. The van der Waals surface area contributed by atoms with E-state index in [4.69, 9.17) is 0 Å². The van der Waals surface area contributed by atoms with E-state index in [0.29, 0.717) is 11.8 Å². The number of aldehydes is 1. The summed E-state index contributed by atoms with van der Waals surface area (Å²) in [5.41, 5.74) is 2.65. The van der Waals surface area contributed by atoms with Crippen LogP contribution in [0, 0.1) is 0 Å². The Hall–Kier alpha value is -3.75. The molecule has 1 aromatic heterocycles. The molecule has 1 saturated heterocycles. The quantitative estimate of drug-likeness (QED) is 0.469. The summed E-state index contributed by atoms with van der Waals surface area (Å²) in [6.45, 7) is 5.19. The van der Waals surface area contributed by atoms with Crippen molar-refractivity contribution in [2.45, 2.75) is 32.2 Å². The first-order chi connectivity index (χ1) is 16.5. The van der Waals surface area contributed by atoms with Gasteiger partial charge < -0.3 is 19.9 Å². The number of likely N-dealkylation sites (N-methyl/N-ethyl adjacent to an activating group) is 1. The zero-order chi connectivity index (χ0) is 24.2. The number of anilines is 2. The normalized spacial score (nSPS) is 16.5. The largest absolute Gasteiger partial charge is 0.368 e. The lowest BCUT2D eigenvalue weighted by Gasteiger charge is -2.36. The van der Waals surface area contributed by atoms with Crippen molar-refractivity contribution in [3.8, 4) is 0 Å². The number of aryl methyl sites for hydroxylation is 1. The number of fused-ring (bicyclic) bond motifs is 1. The van der Waals surface area contributed by atoms with Crippen LogP contribution < -0.4 is 15.1 Å². The van der Waals surface area contributed by atoms with Crippen molar-refractivity contribution in [2.24, 2.45) is 0 Å². The molecule has 2 aromatic rings. The summed E-state index contributed by atoms with van der Waals surface area (Å²) >= 11 is 0. The standard InChI is InChI=1S/C25H29N5O4/c1-3-17-6-9-22(27-16-17)29-12-10-28(11-13-29)18-7-8-19-20(15-18)25(34)30(24(19)33)21(5-4-14-31)23(32)26-2/h6-9,14-16,21H,3-5,10-13H2,1-2H3,(H,26,32). The highest BCUT2D eigenvalue weighted by molar-refractivity contribution is 6.23. The zero-order valence-corrected chi connectivity index (χ0v) is 19.5. The SMILES string of the molecule is CCc1ccc(N2CCN(c3ccc4c(c3)C(=O)N(C(CCC=O)C(=O)NC)C4=O)CC2)nc1. The molecule has 3 amide bonds. The van der Waals surface area contributed by atoms with E-state index in [0.717, 1.165) is 49.0 Å². The number of rotatable bonds is 8. The van der Waals surface area contributed by atoms with E-state index >= 15 is 0 Å². The zero-order valence-electron chi connectivity index (χ0n) is 19.5. The van der Waals surface area contributed by atoms with Gasteiger partial charge in [0, 0.05) is 51.5 Å². The lowest BCUT2D eigenvalue weighted by molar-refractivity contribution is -0.124. The van der Waals surface area contributed by atoms with Gasteiger partial charge in [0.05, 0.1) is 11.1 Å². The summed E-state index contributed by atoms with van der Waals surface area (Å²) in [5, 5.41) is 2.49. The molecule has 3 heterocycles. The number of aromatic nitrogens is 1. The summed E-state index contributed by atoms with van der Waals surface area (Å²) in [5.74, 6) is -0.510. The predicted molar refractivity (Wildman–Crippen MR) is 128 cm³/mol. The summed E-state index contributed by atoms with van der Waals surface area (Å²) in [6.07, 6.45) is 3.73. The Morgan fingerprint density at radius 3 is 2.38 bits per heavy atom. The van der Waals surface area contributed by atoms with Gasteiger partial charge in [0.25, 0.3) is 11.8 Å². The molecule has 0 saturated carbocycles. The molecule has 1 fully saturated rings. The van der Waals surface area contributed by atoms with Crippen molar-refractivity contribution in [1.82, 2.24) is 15.2 Å². The number of nitrogens with one attached hydrogen (secondary N) is 1. The first-order valence-corrected chi connectivity index (χ1v) is 11.6. The number of benzene rings is 1. The van der Waals surface area contributed by atoms with E-state index in [-0.39, 0.29) is 18.4 Å². The number of carbonyl (C=O) groups excluding carboxylic acids is 4. The fourth-order valence-electron chi connectivity index (χ4n) is 4.50. The highest BCUT2D eigenvalue weighted by Gasteiger charge is 2.42. The first kappa shape index (κ1) is 23.4. The lowest BCUT2D eigenvalue weighted by atomic mass is 10.1. The number of pyridine rings is 1. The van der Waals surface area contributed by atoms with E-state index in [2.05, 4.69) is 39.2 Å². The second-order valence-electron chi connectivity index (χ2n) is 8.44. The Kier molecular flexibility index (Phi) is 6.90. The van der Waals surface area contributed by atoms with Crippen molar-refractivity contribution >= 4 is 35.5 Å². The molecule has 9 heteroatoms.